The lowest BCUT2D eigenvalue weighted by Gasteiger charge is -2.36. The van der Waals surface area contributed by atoms with Gasteiger partial charge in [0.2, 0.25) is 0 Å². The number of rotatable bonds is 6. The van der Waals surface area contributed by atoms with Gasteiger partial charge in [0.25, 0.3) is 0 Å². The van der Waals surface area contributed by atoms with Crippen LogP contribution in [0.1, 0.15) is 72.1 Å². The molecule has 0 heterocycles. The minimum atomic E-state index is -0.589. The maximum Gasteiger partial charge on any atom is 0.309 e. The van der Waals surface area contributed by atoms with Gasteiger partial charge in [-0.1, -0.05) is 37.8 Å². The van der Waals surface area contributed by atoms with Crippen molar-refractivity contribution in [3.8, 4) is 0 Å². The molecular weight excluding hydrogens is 224 g/mol. The number of carboxylic acid groups (broad SMARTS) is 1. The molecule has 1 N–H and O–H groups in total. The van der Waals surface area contributed by atoms with Gasteiger partial charge in [0.05, 0.1) is 5.41 Å². The summed E-state index contributed by atoms with van der Waals surface area (Å²) in [7, 11) is 0. The molecule has 18 heavy (non-hydrogen) atoms. The molecule has 1 fully saturated rings. The highest BCUT2D eigenvalue weighted by Crippen LogP contribution is 2.43. The predicted molar refractivity (Wildman–Crippen MR) is 75.6 cm³/mol. The number of hydrogen-bond donors (Lipinski definition) is 1. The van der Waals surface area contributed by atoms with E-state index in [0.29, 0.717) is 6.42 Å². The van der Waals surface area contributed by atoms with E-state index in [9.17, 15) is 9.90 Å². The van der Waals surface area contributed by atoms with Gasteiger partial charge in [0, 0.05) is 0 Å². The minimum Gasteiger partial charge on any atom is -0.481 e. The van der Waals surface area contributed by atoms with Gasteiger partial charge in [-0.3, -0.25) is 4.79 Å². The molecule has 0 atom stereocenters. The first-order chi connectivity index (χ1) is 8.50. The highest BCUT2D eigenvalue weighted by molar-refractivity contribution is 5.75. The van der Waals surface area contributed by atoms with E-state index in [0.717, 1.165) is 31.6 Å². The normalized spacial score (nSPS) is 27.8. The molecular formula is C16H28O2. The quantitative estimate of drug-likeness (QED) is 0.690. The van der Waals surface area contributed by atoms with Crippen LogP contribution in [0.2, 0.25) is 0 Å². The molecule has 0 radical (unpaired) electrons. The van der Waals surface area contributed by atoms with Crippen LogP contribution in [-0.2, 0) is 4.79 Å². The van der Waals surface area contributed by atoms with Crippen molar-refractivity contribution in [2.45, 2.75) is 72.1 Å². The van der Waals surface area contributed by atoms with E-state index in [1.165, 1.54) is 24.8 Å². The Bertz CT molecular complexity index is 292. The lowest BCUT2D eigenvalue weighted by molar-refractivity contribution is -0.151. The summed E-state index contributed by atoms with van der Waals surface area (Å²) in [6, 6.07) is 0. The molecule has 0 aliphatic heterocycles. The van der Waals surface area contributed by atoms with E-state index >= 15 is 0 Å². The van der Waals surface area contributed by atoms with Crippen molar-refractivity contribution in [1.82, 2.24) is 0 Å². The minimum absolute atomic E-state index is 0.472. The largest absolute Gasteiger partial charge is 0.481 e. The Morgan fingerprint density at radius 1 is 1.33 bits per heavy atom. The van der Waals surface area contributed by atoms with Crippen LogP contribution in [0, 0.1) is 11.3 Å². The fourth-order valence-electron chi connectivity index (χ4n) is 2.92. The van der Waals surface area contributed by atoms with Crippen molar-refractivity contribution in [3.05, 3.63) is 11.6 Å². The Hall–Kier alpha value is -0.790. The van der Waals surface area contributed by atoms with Crippen LogP contribution in [0.25, 0.3) is 0 Å². The van der Waals surface area contributed by atoms with Gasteiger partial charge < -0.3 is 5.11 Å². The van der Waals surface area contributed by atoms with E-state index in [4.69, 9.17) is 0 Å². The van der Waals surface area contributed by atoms with E-state index < -0.39 is 11.4 Å². The zero-order chi connectivity index (χ0) is 13.6. The predicted octanol–water partition coefficient (Wildman–Crippen LogP) is 4.79. The molecule has 0 amide bonds. The Balaban J connectivity index is 2.57. The third-order valence-corrected chi connectivity index (χ3v) is 4.38. The first-order valence-corrected chi connectivity index (χ1v) is 7.37. The van der Waals surface area contributed by atoms with Gasteiger partial charge in [-0.15, -0.1) is 0 Å². The first kappa shape index (κ1) is 15.3. The molecule has 0 aromatic rings. The third-order valence-electron chi connectivity index (χ3n) is 4.38. The summed E-state index contributed by atoms with van der Waals surface area (Å²) >= 11 is 0. The van der Waals surface area contributed by atoms with Crippen LogP contribution < -0.4 is 0 Å². The van der Waals surface area contributed by atoms with E-state index in [1.807, 2.05) is 13.8 Å². The van der Waals surface area contributed by atoms with Crippen LogP contribution >= 0.6 is 0 Å². The van der Waals surface area contributed by atoms with Gasteiger partial charge in [-0.25, -0.2) is 0 Å². The average molecular weight is 252 g/mol. The van der Waals surface area contributed by atoms with Gasteiger partial charge in [0.1, 0.15) is 0 Å². The molecule has 2 heteroatoms. The molecule has 1 aliphatic carbocycles. The van der Waals surface area contributed by atoms with Crippen molar-refractivity contribution in [3.63, 3.8) is 0 Å². The molecule has 0 spiro atoms. The lowest BCUT2D eigenvalue weighted by Crippen LogP contribution is -2.35. The zero-order valence-corrected chi connectivity index (χ0v) is 12.2. The van der Waals surface area contributed by atoms with Gasteiger partial charge in [0.15, 0.2) is 0 Å². The van der Waals surface area contributed by atoms with Crippen molar-refractivity contribution in [2.24, 2.45) is 11.3 Å². The van der Waals surface area contributed by atoms with Crippen LogP contribution in [-0.4, -0.2) is 11.1 Å². The maximum atomic E-state index is 11.6. The Labute approximate surface area is 111 Å². The molecule has 0 bridgehead atoms. The smallest absolute Gasteiger partial charge is 0.309 e. The van der Waals surface area contributed by atoms with E-state index in [-0.39, 0.29) is 0 Å². The second kappa shape index (κ2) is 6.96. The molecule has 0 saturated heterocycles. The van der Waals surface area contributed by atoms with Gasteiger partial charge >= 0.3 is 5.97 Å². The number of allylic oxidation sites excluding steroid dienone is 2. The molecule has 1 rings (SSSR count). The number of carboxylic acids is 1. The Morgan fingerprint density at radius 2 is 1.94 bits per heavy atom. The van der Waals surface area contributed by atoms with Crippen LogP contribution in [0.5, 0.6) is 0 Å². The number of hydrogen-bond acceptors (Lipinski definition) is 1. The van der Waals surface area contributed by atoms with Crippen molar-refractivity contribution >= 4 is 5.97 Å². The van der Waals surface area contributed by atoms with Crippen LogP contribution in [0.15, 0.2) is 11.6 Å². The van der Waals surface area contributed by atoms with Gasteiger partial charge in [-0.2, -0.15) is 0 Å². The second-order valence-corrected chi connectivity index (χ2v) is 6.16. The molecule has 104 valence electrons. The summed E-state index contributed by atoms with van der Waals surface area (Å²) in [6.45, 7) is 6.31. The monoisotopic (exact) mass is 252 g/mol. The average Bonchev–Trinajstić information content (AvgIpc) is 2.35. The fraction of sp³-hybridized carbons (Fsp3) is 0.812. The second-order valence-electron chi connectivity index (χ2n) is 6.16. The van der Waals surface area contributed by atoms with Crippen molar-refractivity contribution < 1.29 is 9.90 Å². The molecule has 0 aromatic carbocycles. The van der Waals surface area contributed by atoms with E-state index in [1.54, 1.807) is 0 Å². The summed E-state index contributed by atoms with van der Waals surface area (Å²) in [5.74, 6) is 0.179. The first-order valence-electron chi connectivity index (χ1n) is 7.37. The van der Waals surface area contributed by atoms with Crippen LogP contribution in [0.3, 0.4) is 0 Å². The molecule has 0 aromatic heterocycles. The maximum absolute atomic E-state index is 11.6. The van der Waals surface area contributed by atoms with Crippen molar-refractivity contribution in [1.29, 1.82) is 0 Å². The van der Waals surface area contributed by atoms with Crippen LogP contribution in [0.4, 0.5) is 0 Å². The van der Waals surface area contributed by atoms with Crippen molar-refractivity contribution in [2.75, 3.05) is 0 Å². The third kappa shape index (κ3) is 4.15. The highest BCUT2D eigenvalue weighted by Gasteiger charge is 2.40. The zero-order valence-electron chi connectivity index (χ0n) is 12.2. The molecule has 1 saturated carbocycles. The molecule has 2 nitrogen and oxygen atoms in total. The summed E-state index contributed by atoms with van der Waals surface area (Å²) in [5, 5.41) is 9.53. The Morgan fingerprint density at radius 3 is 2.39 bits per heavy atom. The topological polar surface area (TPSA) is 37.3 Å². The fourth-order valence-corrected chi connectivity index (χ4v) is 2.92. The van der Waals surface area contributed by atoms with E-state index in [2.05, 4.69) is 13.0 Å². The summed E-state index contributed by atoms with van der Waals surface area (Å²) < 4.78 is 0. The number of carbonyl (C=O) groups is 1. The lowest BCUT2D eigenvalue weighted by atomic mass is 9.67. The molecule has 1 aliphatic rings. The summed E-state index contributed by atoms with van der Waals surface area (Å²) in [4.78, 5) is 11.6. The Kier molecular flexibility index (Phi) is 5.90. The standard InChI is InChI=1S/C16H28O2/c1-4-5-6-14-8-11-16(12-9-14,15(17)18)10-7-13(2)3/h7,14H,4-6,8-12H2,1-3H3,(H,17,18). The highest BCUT2D eigenvalue weighted by atomic mass is 16.4. The summed E-state index contributed by atoms with van der Waals surface area (Å²) in [5.41, 5.74) is 0.753. The SMILES string of the molecule is CCCCC1CCC(CC=C(C)C)(C(=O)O)CC1. The summed E-state index contributed by atoms with van der Waals surface area (Å²) in [6.07, 6.45) is 10.6. The molecule has 0 unspecified atom stereocenters. The van der Waals surface area contributed by atoms with Gasteiger partial charge in [-0.05, 0) is 51.9 Å². The number of unbranched alkanes of at least 4 members (excludes halogenated alkanes) is 1. The number of aliphatic carboxylic acids is 1.